The quantitative estimate of drug-likeness (QED) is 0.868. The van der Waals surface area contributed by atoms with Crippen LogP contribution in [0.3, 0.4) is 0 Å². The van der Waals surface area contributed by atoms with E-state index in [-0.39, 0.29) is 10.8 Å². The minimum atomic E-state index is -3.78. The van der Waals surface area contributed by atoms with E-state index >= 15 is 0 Å². The van der Waals surface area contributed by atoms with Gasteiger partial charge in [-0.2, -0.15) is 0 Å². The van der Waals surface area contributed by atoms with Gasteiger partial charge in [-0.05, 0) is 12.0 Å². The molecule has 0 saturated carbocycles. The molecule has 7 heteroatoms. The smallest absolute Gasteiger partial charge is 0.270 e. The fourth-order valence-corrected chi connectivity index (χ4v) is 2.36. The Bertz CT molecular complexity index is 563. The topological polar surface area (TPSA) is 85.4 Å². The zero-order chi connectivity index (χ0) is 14.8. The van der Waals surface area contributed by atoms with Crippen molar-refractivity contribution in [3.63, 3.8) is 0 Å². The van der Waals surface area contributed by atoms with Gasteiger partial charge in [0.2, 0.25) is 10.0 Å². The van der Waals surface area contributed by atoms with E-state index in [1.807, 2.05) is 0 Å². The first-order valence-corrected chi connectivity index (χ1v) is 7.66. The molecule has 0 aliphatic carbocycles. The Morgan fingerprint density at radius 3 is 2.53 bits per heavy atom. The molecule has 108 valence electrons. The van der Waals surface area contributed by atoms with Crippen molar-refractivity contribution >= 4 is 15.9 Å². The van der Waals surface area contributed by atoms with Gasteiger partial charge in [-0.25, -0.2) is 13.6 Å². The summed E-state index contributed by atoms with van der Waals surface area (Å²) in [5.41, 5.74) is 0.315. The molecule has 0 spiro atoms. The van der Waals surface area contributed by atoms with Gasteiger partial charge in [0.05, 0.1) is 0 Å². The average molecular weight is 287 g/mol. The highest BCUT2D eigenvalue weighted by atomic mass is 32.2. The molecule has 1 unspecified atom stereocenters. The molecule has 19 heavy (non-hydrogen) atoms. The summed E-state index contributed by atoms with van der Waals surface area (Å²) < 4.78 is 24.0. The molecule has 2 N–H and O–H groups in total. The number of aromatic nitrogens is 1. The van der Waals surface area contributed by atoms with E-state index in [1.54, 1.807) is 19.0 Å². The molecule has 1 aromatic heterocycles. The van der Waals surface area contributed by atoms with Crippen LogP contribution in [-0.4, -0.2) is 37.4 Å². The number of sulfonamides is 1. The zero-order valence-electron chi connectivity index (χ0n) is 11.8. The Morgan fingerprint density at radius 1 is 1.53 bits per heavy atom. The molecular formula is C12H21N3O3S. The Kier molecular flexibility index (Phi) is 4.75. The first-order valence-electron chi connectivity index (χ1n) is 6.11. The van der Waals surface area contributed by atoms with E-state index < -0.39 is 10.0 Å². The fourth-order valence-electron chi connectivity index (χ4n) is 1.78. The maximum Gasteiger partial charge on any atom is 0.270 e. The summed E-state index contributed by atoms with van der Waals surface area (Å²) in [6.07, 6.45) is 2.33. The molecule has 1 aromatic rings. The summed E-state index contributed by atoms with van der Waals surface area (Å²) in [6.45, 7) is 4.75. The van der Waals surface area contributed by atoms with Crippen molar-refractivity contribution in [3.8, 4) is 0 Å². The van der Waals surface area contributed by atoms with Crippen molar-refractivity contribution in [3.05, 3.63) is 18.0 Å². The van der Waals surface area contributed by atoms with Gasteiger partial charge < -0.3 is 9.47 Å². The van der Waals surface area contributed by atoms with Crippen LogP contribution in [0.4, 0.5) is 0 Å². The second kappa shape index (κ2) is 5.75. The normalized spacial score (nSPS) is 13.3. The molecule has 0 radical (unpaired) electrons. The maximum absolute atomic E-state index is 12.2. The average Bonchev–Trinajstić information content (AvgIpc) is 2.69. The van der Waals surface area contributed by atoms with Crippen LogP contribution < -0.4 is 5.14 Å². The number of aryl methyl sites for hydroxylation is 1. The van der Waals surface area contributed by atoms with Gasteiger partial charge in [0.25, 0.3) is 5.91 Å². The van der Waals surface area contributed by atoms with Crippen molar-refractivity contribution in [2.45, 2.75) is 25.2 Å². The number of amides is 1. The van der Waals surface area contributed by atoms with E-state index in [9.17, 15) is 13.2 Å². The Morgan fingerprint density at radius 2 is 2.11 bits per heavy atom. The highest BCUT2D eigenvalue weighted by Gasteiger charge is 2.20. The van der Waals surface area contributed by atoms with Crippen LogP contribution in [0, 0.1) is 5.92 Å². The van der Waals surface area contributed by atoms with E-state index in [2.05, 4.69) is 13.8 Å². The van der Waals surface area contributed by atoms with Crippen LogP contribution in [0.1, 0.15) is 30.8 Å². The largest absolute Gasteiger partial charge is 0.345 e. The Hall–Kier alpha value is -1.34. The van der Waals surface area contributed by atoms with Gasteiger partial charge >= 0.3 is 0 Å². The number of primary sulfonamides is 1. The third-order valence-corrected chi connectivity index (χ3v) is 4.04. The standard InChI is InChI=1S/C12H21N3O3S/c1-5-9(2)7-15(4)12(16)11-6-10(8-14(11)3)19(13,17)18/h6,8-9H,5,7H2,1-4H3,(H2,13,17,18). The molecule has 0 saturated heterocycles. The third-order valence-electron chi connectivity index (χ3n) is 3.16. The van der Waals surface area contributed by atoms with Crippen LogP contribution in [0.25, 0.3) is 0 Å². The van der Waals surface area contributed by atoms with Crippen LogP contribution in [0.15, 0.2) is 17.2 Å². The van der Waals surface area contributed by atoms with Crippen molar-refractivity contribution in [2.24, 2.45) is 18.1 Å². The van der Waals surface area contributed by atoms with Crippen molar-refractivity contribution in [2.75, 3.05) is 13.6 Å². The van der Waals surface area contributed by atoms with Gasteiger partial charge in [-0.1, -0.05) is 20.3 Å². The summed E-state index contributed by atoms with van der Waals surface area (Å²) >= 11 is 0. The summed E-state index contributed by atoms with van der Waals surface area (Å²) in [7, 11) is -0.453. The summed E-state index contributed by atoms with van der Waals surface area (Å²) in [5, 5.41) is 5.05. The molecular weight excluding hydrogens is 266 g/mol. The first-order chi connectivity index (χ1) is 8.66. The third kappa shape index (κ3) is 3.81. The number of hydrogen-bond acceptors (Lipinski definition) is 3. The summed E-state index contributed by atoms with van der Waals surface area (Å²) in [4.78, 5) is 13.8. The Labute approximate surface area is 114 Å². The van der Waals surface area contributed by atoms with Gasteiger partial charge in [0.1, 0.15) is 10.6 Å². The predicted octanol–water partition coefficient (Wildman–Crippen LogP) is 0.791. The molecule has 0 fully saturated rings. The van der Waals surface area contributed by atoms with Crippen molar-refractivity contribution < 1.29 is 13.2 Å². The first kappa shape index (κ1) is 15.7. The zero-order valence-corrected chi connectivity index (χ0v) is 12.6. The maximum atomic E-state index is 12.2. The van der Waals surface area contributed by atoms with E-state index in [4.69, 9.17) is 5.14 Å². The molecule has 0 aliphatic rings. The molecule has 0 bridgehead atoms. The predicted molar refractivity (Wildman–Crippen MR) is 73.2 cm³/mol. The highest BCUT2D eigenvalue weighted by molar-refractivity contribution is 7.89. The molecule has 0 aromatic carbocycles. The number of carbonyl (C=O) groups is 1. The SMILES string of the molecule is CCC(C)CN(C)C(=O)c1cc(S(N)(=O)=O)cn1C. The molecule has 6 nitrogen and oxygen atoms in total. The second-order valence-corrected chi connectivity index (χ2v) is 6.48. The van der Waals surface area contributed by atoms with Gasteiger partial charge in [0.15, 0.2) is 0 Å². The number of nitrogens with zero attached hydrogens (tertiary/aromatic N) is 2. The van der Waals surface area contributed by atoms with E-state index in [0.29, 0.717) is 18.2 Å². The van der Waals surface area contributed by atoms with Crippen molar-refractivity contribution in [1.29, 1.82) is 0 Å². The van der Waals surface area contributed by atoms with E-state index in [0.717, 1.165) is 6.42 Å². The number of nitrogens with two attached hydrogens (primary N) is 1. The van der Waals surface area contributed by atoms with Gasteiger partial charge in [-0.3, -0.25) is 4.79 Å². The molecule has 1 amide bonds. The Balaban J connectivity index is 2.98. The molecule has 1 heterocycles. The minimum absolute atomic E-state index is 0.0460. The lowest BCUT2D eigenvalue weighted by atomic mass is 10.1. The molecule has 1 rings (SSSR count). The number of carbonyl (C=O) groups excluding carboxylic acids is 1. The van der Waals surface area contributed by atoms with Crippen LogP contribution in [0.2, 0.25) is 0 Å². The number of rotatable bonds is 5. The fraction of sp³-hybridized carbons (Fsp3) is 0.583. The lowest BCUT2D eigenvalue weighted by Crippen LogP contribution is -2.32. The summed E-state index contributed by atoms with van der Waals surface area (Å²) in [5.74, 6) is 0.185. The minimum Gasteiger partial charge on any atom is -0.345 e. The highest BCUT2D eigenvalue weighted by Crippen LogP contribution is 2.14. The van der Waals surface area contributed by atoms with Gasteiger partial charge in [0, 0.05) is 26.8 Å². The van der Waals surface area contributed by atoms with Crippen LogP contribution >= 0.6 is 0 Å². The van der Waals surface area contributed by atoms with Gasteiger partial charge in [-0.15, -0.1) is 0 Å². The van der Waals surface area contributed by atoms with Crippen LogP contribution in [-0.2, 0) is 17.1 Å². The monoisotopic (exact) mass is 287 g/mol. The van der Waals surface area contributed by atoms with Crippen LogP contribution in [0.5, 0.6) is 0 Å². The molecule has 0 aliphatic heterocycles. The second-order valence-electron chi connectivity index (χ2n) is 4.92. The lowest BCUT2D eigenvalue weighted by Gasteiger charge is -2.20. The lowest BCUT2D eigenvalue weighted by molar-refractivity contribution is 0.0765. The van der Waals surface area contributed by atoms with E-state index in [1.165, 1.54) is 16.8 Å². The molecule has 1 atom stereocenters. The number of hydrogen-bond donors (Lipinski definition) is 1. The summed E-state index contributed by atoms with van der Waals surface area (Å²) in [6, 6.07) is 1.31. The van der Waals surface area contributed by atoms with Crippen molar-refractivity contribution in [1.82, 2.24) is 9.47 Å².